The highest BCUT2D eigenvalue weighted by Crippen LogP contribution is 2.23. The quantitative estimate of drug-likeness (QED) is 0.503. The minimum Gasteiger partial charge on any atom is -0.380 e. The Labute approximate surface area is 75.9 Å². The largest absolute Gasteiger partial charge is 0.380 e. The van der Waals surface area contributed by atoms with Crippen LogP contribution >= 0.6 is 24.1 Å². The fraction of sp³-hybridized carbons (Fsp3) is 1.00. The van der Waals surface area contributed by atoms with Gasteiger partial charge in [-0.15, -0.1) is 0 Å². The molecule has 3 nitrogen and oxygen atoms in total. The number of rotatable bonds is 6. The summed E-state index contributed by atoms with van der Waals surface area (Å²) in [5, 5.41) is 18.0. The van der Waals surface area contributed by atoms with E-state index < -0.39 is 10.9 Å². The van der Waals surface area contributed by atoms with Crippen LogP contribution in [0, 0.1) is 0 Å². The zero-order valence-corrected chi connectivity index (χ0v) is 8.32. The molecule has 0 aromatic heterocycles. The Morgan fingerprint density at radius 1 is 1.09 bits per heavy atom. The van der Waals surface area contributed by atoms with Crippen LogP contribution in [0.1, 0.15) is 26.7 Å². The zero-order valence-electron chi connectivity index (χ0n) is 6.69. The third-order valence-electron chi connectivity index (χ3n) is 0.999. The lowest BCUT2D eigenvalue weighted by Gasteiger charge is -2.08. The van der Waals surface area contributed by atoms with Crippen LogP contribution in [0.4, 0.5) is 0 Å². The highest BCUT2D eigenvalue weighted by atomic mass is 32.2. The Morgan fingerprint density at radius 2 is 1.45 bits per heavy atom. The van der Waals surface area contributed by atoms with Crippen LogP contribution in [0.25, 0.3) is 0 Å². The summed E-state index contributed by atoms with van der Waals surface area (Å²) < 4.78 is 4.87. The fourth-order valence-corrected chi connectivity index (χ4v) is 1.43. The summed E-state index contributed by atoms with van der Waals surface area (Å²) in [6, 6.07) is 0. The van der Waals surface area contributed by atoms with Crippen LogP contribution < -0.4 is 0 Å². The summed E-state index contributed by atoms with van der Waals surface area (Å²) in [6.45, 7) is 3.73. The molecule has 5 heteroatoms. The standard InChI is InChI=1S/C6H14O3S2/c1-3-5(7)10-9-11-6(8)4-2/h5-8H,3-4H2,1-2H3. The molecule has 0 aliphatic rings. The maximum Gasteiger partial charge on any atom is 0.126 e. The van der Waals surface area contributed by atoms with E-state index in [-0.39, 0.29) is 0 Å². The average molecular weight is 198 g/mol. The molecule has 0 radical (unpaired) electrons. The van der Waals surface area contributed by atoms with E-state index in [1.165, 1.54) is 0 Å². The lowest BCUT2D eigenvalue weighted by molar-refractivity contribution is 0.247. The Kier molecular flexibility index (Phi) is 7.62. The van der Waals surface area contributed by atoms with E-state index >= 15 is 0 Å². The predicted molar refractivity (Wildman–Crippen MR) is 48.9 cm³/mol. The van der Waals surface area contributed by atoms with Crippen molar-refractivity contribution in [2.24, 2.45) is 0 Å². The van der Waals surface area contributed by atoms with E-state index in [1.54, 1.807) is 0 Å². The molecule has 0 saturated carbocycles. The second kappa shape index (κ2) is 7.24. The van der Waals surface area contributed by atoms with Crippen molar-refractivity contribution in [1.29, 1.82) is 0 Å². The number of aliphatic hydroxyl groups is 2. The highest BCUT2D eigenvalue weighted by Gasteiger charge is 2.05. The van der Waals surface area contributed by atoms with Gasteiger partial charge in [0.2, 0.25) is 0 Å². The molecule has 0 fully saturated rings. The fourth-order valence-electron chi connectivity index (χ4n) is 0.249. The minimum atomic E-state index is -0.494. The molecule has 0 aromatic carbocycles. The lowest BCUT2D eigenvalue weighted by atomic mass is 10.5. The lowest BCUT2D eigenvalue weighted by Crippen LogP contribution is -2.00. The summed E-state index contributed by atoms with van der Waals surface area (Å²) in [6.07, 6.45) is 1.29. The van der Waals surface area contributed by atoms with E-state index in [0.717, 1.165) is 24.1 Å². The summed E-state index contributed by atoms with van der Waals surface area (Å²) in [7, 11) is 0. The Morgan fingerprint density at radius 3 is 1.73 bits per heavy atom. The molecule has 11 heavy (non-hydrogen) atoms. The molecule has 0 aromatic rings. The molecule has 2 N–H and O–H groups in total. The number of aliphatic hydroxyl groups excluding tert-OH is 2. The highest BCUT2D eigenvalue weighted by molar-refractivity contribution is 8.08. The van der Waals surface area contributed by atoms with Gasteiger partial charge < -0.3 is 10.2 Å². The van der Waals surface area contributed by atoms with Crippen molar-refractivity contribution < 1.29 is 13.8 Å². The first-order valence-corrected chi connectivity index (χ1v) is 5.16. The van der Waals surface area contributed by atoms with Gasteiger partial charge in [-0.05, 0) is 12.8 Å². The summed E-state index contributed by atoms with van der Waals surface area (Å²) in [5.41, 5.74) is -0.988. The van der Waals surface area contributed by atoms with E-state index in [9.17, 15) is 0 Å². The topological polar surface area (TPSA) is 49.7 Å². The summed E-state index contributed by atoms with van der Waals surface area (Å²) in [4.78, 5) is 0. The van der Waals surface area contributed by atoms with Crippen molar-refractivity contribution in [3.05, 3.63) is 0 Å². The molecule has 0 heterocycles. The SMILES string of the molecule is CCC(O)SOSC(O)CC. The van der Waals surface area contributed by atoms with E-state index in [4.69, 9.17) is 13.8 Å². The first kappa shape index (κ1) is 11.6. The van der Waals surface area contributed by atoms with Crippen molar-refractivity contribution >= 4 is 24.1 Å². The molecule has 0 saturated heterocycles. The normalized spacial score (nSPS) is 16.4. The van der Waals surface area contributed by atoms with E-state index in [1.807, 2.05) is 13.8 Å². The predicted octanol–water partition coefficient (Wildman–Crippen LogP) is 1.76. The van der Waals surface area contributed by atoms with Gasteiger partial charge in [0.15, 0.2) is 0 Å². The molecule has 0 spiro atoms. The molecule has 2 unspecified atom stereocenters. The average Bonchev–Trinajstić information content (AvgIpc) is 2.04. The van der Waals surface area contributed by atoms with Gasteiger partial charge in [-0.3, -0.25) is 0 Å². The summed E-state index contributed by atoms with van der Waals surface area (Å²) >= 11 is 1.96. The molecule has 2 atom stereocenters. The second-order valence-electron chi connectivity index (χ2n) is 1.99. The Hall–Kier alpha value is 0.580. The van der Waals surface area contributed by atoms with E-state index in [2.05, 4.69) is 0 Å². The molecule has 0 aliphatic heterocycles. The Bertz CT molecular complexity index is 81.9. The van der Waals surface area contributed by atoms with Crippen LogP contribution in [0.2, 0.25) is 0 Å². The van der Waals surface area contributed by atoms with Crippen LogP contribution in [0.3, 0.4) is 0 Å². The van der Waals surface area contributed by atoms with Crippen molar-refractivity contribution in [3.8, 4) is 0 Å². The van der Waals surface area contributed by atoms with Gasteiger partial charge in [0.1, 0.15) is 10.9 Å². The second-order valence-corrected chi connectivity index (χ2v) is 4.00. The minimum absolute atomic E-state index is 0.494. The van der Waals surface area contributed by atoms with Gasteiger partial charge in [0.05, 0.1) is 0 Å². The van der Waals surface area contributed by atoms with Gasteiger partial charge in [-0.1, -0.05) is 13.8 Å². The summed E-state index contributed by atoms with van der Waals surface area (Å²) in [5.74, 6) is 0. The Balaban J connectivity index is 3.13. The maximum absolute atomic E-state index is 8.99. The molecule has 0 amide bonds. The van der Waals surface area contributed by atoms with Crippen LogP contribution in [0.5, 0.6) is 0 Å². The van der Waals surface area contributed by atoms with Gasteiger partial charge in [-0.2, -0.15) is 0 Å². The smallest absolute Gasteiger partial charge is 0.126 e. The van der Waals surface area contributed by atoms with Crippen molar-refractivity contribution in [2.45, 2.75) is 37.6 Å². The zero-order chi connectivity index (χ0) is 8.69. The number of hydrogen-bond acceptors (Lipinski definition) is 5. The molecule has 0 rings (SSSR count). The molecule has 0 bridgehead atoms. The maximum atomic E-state index is 8.99. The van der Waals surface area contributed by atoms with Crippen LogP contribution in [-0.2, 0) is 3.63 Å². The monoisotopic (exact) mass is 198 g/mol. The number of hydrogen-bond donors (Lipinski definition) is 2. The van der Waals surface area contributed by atoms with Gasteiger partial charge >= 0.3 is 0 Å². The molecule has 0 aliphatic carbocycles. The third kappa shape index (κ3) is 6.96. The first-order valence-electron chi connectivity index (χ1n) is 3.55. The first-order chi connectivity index (χ1) is 5.20. The van der Waals surface area contributed by atoms with Crippen molar-refractivity contribution in [3.63, 3.8) is 0 Å². The van der Waals surface area contributed by atoms with Gasteiger partial charge in [-0.25, -0.2) is 3.63 Å². The van der Waals surface area contributed by atoms with Gasteiger partial charge in [0, 0.05) is 24.1 Å². The third-order valence-corrected chi connectivity index (χ3v) is 2.74. The van der Waals surface area contributed by atoms with Crippen molar-refractivity contribution in [1.82, 2.24) is 0 Å². The molecular weight excluding hydrogens is 184 g/mol. The van der Waals surface area contributed by atoms with E-state index in [0.29, 0.717) is 12.8 Å². The van der Waals surface area contributed by atoms with Crippen LogP contribution in [-0.4, -0.2) is 21.1 Å². The molecule has 68 valence electrons. The van der Waals surface area contributed by atoms with Crippen LogP contribution in [0.15, 0.2) is 0 Å². The van der Waals surface area contributed by atoms with Gasteiger partial charge in [0.25, 0.3) is 0 Å². The molecular formula is C6H14O3S2. The van der Waals surface area contributed by atoms with Crippen molar-refractivity contribution in [2.75, 3.05) is 0 Å².